The molecule has 4 N–H and O–H groups in total. The number of nitrogens with two attached hydrogens (primary N) is 1. The molecule has 0 aliphatic heterocycles. The van der Waals surface area contributed by atoms with Crippen LogP contribution in [0.3, 0.4) is 0 Å². The van der Waals surface area contributed by atoms with Gasteiger partial charge in [-0.25, -0.2) is 4.79 Å². The second kappa shape index (κ2) is 9.26. The van der Waals surface area contributed by atoms with E-state index >= 15 is 0 Å². The van der Waals surface area contributed by atoms with Gasteiger partial charge in [0, 0.05) is 17.2 Å². The molecule has 6 heteroatoms. The van der Waals surface area contributed by atoms with Gasteiger partial charge in [-0.15, -0.1) is 0 Å². The van der Waals surface area contributed by atoms with Crippen LogP contribution in [0.1, 0.15) is 22.8 Å². The minimum atomic E-state index is -0.916. The number of methoxy groups -OCH3 is 1. The van der Waals surface area contributed by atoms with Gasteiger partial charge in [0.1, 0.15) is 12.6 Å². The fraction of sp³-hybridized carbons (Fsp3) is 0.294. The first-order valence-corrected chi connectivity index (χ1v) is 6.83. The Bertz CT molecular complexity index is 673. The van der Waals surface area contributed by atoms with Crippen LogP contribution in [0.15, 0.2) is 24.3 Å². The number of carbonyl (C=O) groups is 2. The molecule has 1 amide bonds. The van der Waals surface area contributed by atoms with Gasteiger partial charge in [-0.1, -0.05) is 11.8 Å². The summed E-state index contributed by atoms with van der Waals surface area (Å²) in [7, 11) is 1.23. The van der Waals surface area contributed by atoms with Crippen molar-refractivity contribution >= 4 is 11.9 Å². The van der Waals surface area contributed by atoms with Crippen molar-refractivity contribution in [1.29, 1.82) is 0 Å². The lowest BCUT2D eigenvalue weighted by Crippen LogP contribution is -2.51. The van der Waals surface area contributed by atoms with Crippen molar-refractivity contribution in [3.63, 3.8) is 0 Å². The molecular weight excluding hydrogens is 296 g/mol. The number of rotatable bonds is 4. The van der Waals surface area contributed by atoms with Crippen LogP contribution in [0.25, 0.3) is 0 Å². The van der Waals surface area contributed by atoms with Crippen LogP contribution >= 0.6 is 0 Å². The summed E-state index contributed by atoms with van der Waals surface area (Å²) in [5.41, 5.74) is 6.72. The first-order chi connectivity index (χ1) is 11.0. The van der Waals surface area contributed by atoms with Crippen LogP contribution in [0.5, 0.6) is 0 Å². The molecule has 1 aromatic rings. The first kappa shape index (κ1) is 18.2. The zero-order valence-electron chi connectivity index (χ0n) is 12.9. The highest BCUT2D eigenvalue weighted by molar-refractivity contribution is 5.97. The molecular formula is C17H18N2O4. The number of ether oxygens (including phenoxy) is 1. The van der Waals surface area contributed by atoms with Crippen LogP contribution in [-0.4, -0.2) is 42.8 Å². The van der Waals surface area contributed by atoms with Crippen molar-refractivity contribution in [3.05, 3.63) is 35.4 Å². The van der Waals surface area contributed by atoms with Gasteiger partial charge >= 0.3 is 5.97 Å². The summed E-state index contributed by atoms with van der Waals surface area (Å²) in [5, 5.41) is 11.0. The summed E-state index contributed by atoms with van der Waals surface area (Å²) in [4.78, 5) is 23.7. The molecule has 0 saturated heterocycles. The van der Waals surface area contributed by atoms with Crippen molar-refractivity contribution in [2.45, 2.75) is 19.0 Å². The Morgan fingerprint density at radius 3 is 2.48 bits per heavy atom. The normalized spacial score (nSPS) is 11.8. The van der Waals surface area contributed by atoms with Crippen molar-refractivity contribution in [2.75, 3.05) is 13.7 Å². The third kappa shape index (κ3) is 5.84. The minimum absolute atomic E-state index is 0.241. The Labute approximate surface area is 135 Å². The lowest BCUT2D eigenvalue weighted by Gasteiger charge is -2.19. The van der Waals surface area contributed by atoms with E-state index in [0.717, 1.165) is 0 Å². The number of hydrogen-bond acceptors (Lipinski definition) is 5. The smallest absolute Gasteiger partial charge is 0.329 e. The molecule has 0 aliphatic carbocycles. The fourth-order valence-electron chi connectivity index (χ4n) is 1.65. The number of hydrogen-bond donors (Lipinski definition) is 3. The Morgan fingerprint density at radius 1 is 1.30 bits per heavy atom. The van der Waals surface area contributed by atoms with Crippen molar-refractivity contribution < 1.29 is 19.4 Å². The van der Waals surface area contributed by atoms with Crippen LogP contribution in [-0.2, 0) is 9.53 Å². The Morgan fingerprint density at radius 2 is 1.96 bits per heavy atom. The summed E-state index contributed by atoms with van der Waals surface area (Å²) >= 11 is 0. The van der Waals surface area contributed by atoms with Gasteiger partial charge in [-0.05, 0) is 43.0 Å². The quantitative estimate of drug-likeness (QED) is 0.521. The highest BCUT2D eigenvalue weighted by atomic mass is 16.5. The Hall–Kier alpha value is -2.80. The molecule has 0 fully saturated rings. The molecule has 120 valence electrons. The summed E-state index contributed by atoms with van der Waals surface area (Å²) in [6, 6.07) is 4.97. The summed E-state index contributed by atoms with van der Waals surface area (Å²) in [6.45, 7) is 1.36. The van der Waals surface area contributed by atoms with E-state index in [-0.39, 0.29) is 6.61 Å². The molecule has 1 rings (SSSR count). The lowest BCUT2D eigenvalue weighted by atomic mass is 10.1. The zero-order valence-corrected chi connectivity index (χ0v) is 12.9. The van der Waals surface area contributed by atoms with Crippen LogP contribution in [0.4, 0.5) is 0 Å². The summed E-state index contributed by atoms with van der Waals surface area (Å²) in [5.74, 6) is 9.19. The third-order valence-electron chi connectivity index (χ3n) is 2.85. The third-order valence-corrected chi connectivity index (χ3v) is 2.85. The number of aliphatic hydroxyl groups is 1. The van der Waals surface area contributed by atoms with E-state index in [1.807, 2.05) is 0 Å². The van der Waals surface area contributed by atoms with E-state index in [9.17, 15) is 9.59 Å². The number of nitrogens with one attached hydrogen (secondary N) is 1. The van der Waals surface area contributed by atoms with Gasteiger partial charge in [-0.3, -0.25) is 4.79 Å². The van der Waals surface area contributed by atoms with Crippen LogP contribution in [0.2, 0.25) is 0 Å². The molecule has 2 atom stereocenters. The van der Waals surface area contributed by atoms with E-state index in [2.05, 4.69) is 33.7 Å². The van der Waals surface area contributed by atoms with E-state index in [1.165, 1.54) is 7.11 Å². The predicted molar refractivity (Wildman–Crippen MR) is 85.1 cm³/mol. The van der Waals surface area contributed by atoms with Crippen LogP contribution < -0.4 is 11.1 Å². The van der Waals surface area contributed by atoms with Gasteiger partial charge in [-0.2, -0.15) is 0 Å². The molecule has 2 unspecified atom stereocenters. The van der Waals surface area contributed by atoms with Gasteiger partial charge in [0.25, 0.3) is 5.91 Å². The molecule has 0 radical (unpaired) electrons. The average Bonchev–Trinajstić information content (AvgIpc) is 2.56. The fourth-order valence-corrected chi connectivity index (χ4v) is 1.65. The van der Waals surface area contributed by atoms with Crippen molar-refractivity contribution in [1.82, 2.24) is 5.32 Å². The maximum Gasteiger partial charge on any atom is 0.329 e. The Balaban J connectivity index is 2.80. The number of carbonyl (C=O) groups excluding carboxylic acids is 2. The molecule has 0 aromatic heterocycles. The van der Waals surface area contributed by atoms with E-state index in [0.29, 0.717) is 11.1 Å². The average molecular weight is 314 g/mol. The predicted octanol–water partition coefficient (Wildman–Crippen LogP) is -0.348. The number of esters is 1. The van der Waals surface area contributed by atoms with Crippen molar-refractivity contribution in [3.8, 4) is 23.7 Å². The first-order valence-electron chi connectivity index (χ1n) is 6.83. The largest absolute Gasteiger partial charge is 0.467 e. The molecule has 6 nitrogen and oxygen atoms in total. The number of benzene rings is 1. The second-order valence-electron chi connectivity index (χ2n) is 4.62. The topological polar surface area (TPSA) is 102 Å². The summed E-state index contributed by atoms with van der Waals surface area (Å²) in [6.07, 6.45) is 0. The molecule has 23 heavy (non-hydrogen) atoms. The highest BCUT2D eigenvalue weighted by Crippen LogP contribution is 2.05. The monoisotopic (exact) mass is 314 g/mol. The summed E-state index contributed by atoms with van der Waals surface area (Å²) < 4.78 is 4.61. The van der Waals surface area contributed by atoms with E-state index < -0.39 is 24.0 Å². The van der Waals surface area contributed by atoms with Crippen LogP contribution in [0, 0.1) is 23.7 Å². The standard InChI is InChI=1S/C17H18N2O4/c1-12(18)15(17(22)23-2)19-16(21)14-9-7-13(8-10-14)6-4-3-5-11-20/h7-10,12,15,20H,11,18H2,1-2H3,(H,19,21). The van der Waals surface area contributed by atoms with Gasteiger partial charge in [0.15, 0.2) is 0 Å². The van der Waals surface area contributed by atoms with Gasteiger partial charge in [0.05, 0.1) is 7.11 Å². The van der Waals surface area contributed by atoms with E-state index in [4.69, 9.17) is 10.8 Å². The molecule has 0 heterocycles. The molecule has 0 bridgehead atoms. The number of amides is 1. The molecule has 0 aliphatic rings. The molecule has 1 aromatic carbocycles. The minimum Gasteiger partial charge on any atom is -0.467 e. The second-order valence-corrected chi connectivity index (χ2v) is 4.62. The zero-order chi connectivity index (χ0) is 17.2. The number of aliphatic hydroxyl groups excluding tert-OH is 1. The highest BCUT2D eigenvalue weighted by Gasteiger charge is 2.25. The maximum atomic E-state index is 12.1. The van der Waals surface area contributed by atoms with Crippen molar-refractivity contribution in [2.24, 2.45) is 5.73 Å². The molecule has 0 spiro atoms. The Kier molecular flexibility index (Phi) is 7.35. The SMILES string of the molecule is COC(=O)C(NC(=O)c1ccc(C#CC#CCO)cc1)C(C)N. The maximum absolute atomic E-state index is 12.1. The lowest BCUT2D eigenvalue weighted by molar-refractivity contribution is -0.143. The van der Waals surface area contributed by atoms with Gasteiger partial charge in [0.2, 0.25) is 0 Å². The van der Waals surface area contributed by atoms with Gasteiger partial charge < -0.3 is 20.9 Å². The van der Waals surface area contributed by atoms with E-state index in [1.54, 1.807) is 31.2 Å². The molecule has 0 saturated carbocycles.